The molecule has 0 fully saturated rings. The summed E-state index contributed by atoms with van der Waals surface area (Å²) in [6.45, 7) is 4.39. The van der Waals surface area contributed by atoms with Crippen molar-refractivity contribution in [2.24, 2.45) is 5.92 Å². The zero-order valence-electron chi connectivity index (χ0n) is 10.3. The van der Waals surface area contributed by atoms with E-state index in [4.69, 9.17) is 5.11 Å². The summed E-state index contributed by atoms with van der Waals surface area (Å²) < 4.78 is 0. The molecule has 0 heterocycles. The van der Waals surface area contributed by atoms with Gasteiger partial charge >= 0.3 is 5.97 Å². The Morgan fingerprint density at radius 2 is 1.88 bits per heavy atom. The number of carboxylic acid groups (broad SMARTS) is 1. The summed E-state index contributed by atoms with van der Waals surface area (Å²) in [5.74, 6) is -1.65. The molecule has 0 aliphatic heterocycles. The van der Waals surface area contributed by atoms with Crippen molar-refractivity contribution in [3.8, 4) is 0 Å². The number of hydrogen-bond acceptors (Lipinski definition) is 3. The zero-order valence-corrected chi connectivity index (χ0v) is 10.3. The lowest BCUT2D eigenvalue weighted by atomic mass is 10.2. The SMILES string of the molecule is CC(C)CNC(=O)CN(C)C(=O)/C=C/C(=O)O. The highest BCUT2D eigenvalue weighted by molar-refractivity contribution is 5.95. The van der Waals surface area contributed by atoms with Crippen LogP contribution in [-0.4, -0.2) is 47.9 Å². The van der Waals surface area contributed by atoms with Crippen molar-refractivity contribution in [3.63, 3.8) is 0 Å². The molecule has 2 N–H and O–H groups in total. The molecule has 0 aromatic carbocycles. The van der Waals surface area contributed by atoms with Crippen molar-refractivity contribution in [1.29, 1.82) is 0 Å². The number of nitrogens with one attached hydrogen (secondary N) is 1. The van der Waals surface area contributed by atoms with Crippen molar-refractivity contribution in [3.05, 3.63) is 12.2 Å². The first-order chi connectivity index (χ1) is 7.82. The molecular formula is C11H18N2O4. The highest BCUT2D eigenvalue weighted by Crippen LogP contribution is 1.90. The van der Waals surface area contributed by atoms with E-state index in [1.165, 1.54) is 7.05 Å². The van der Waals surface area contributed by atoms with Gasteiger partial charge in [-0.25, -0.2) is 4.79 Å². The Morgan fingerprint density at radius 1 is 1.29 bits per heavy atom. The summed E-state index contributed by atoms with van der Waals surface area (Å²) in [6.07, 6.45) is 1.66. The van der Waals surface area contributed by atoms with Gasteiger partial charge in [-0.3, -0.25) is 9.59 Å². The topological polar surface area (TPSA) is 86.7 Å². The van der Waals surface area contributed by atoms with Crippen molar-refractivity contribution < 1.29 is 19.5 Å². The lowest BCUT2D eigenvalue weighted by Crippen LogP contribution is -2.38. The summed E-state index contributed by atoms with van der Waals surface area (Å²) >= 11 is 0. The van der Waals surface area contributed by atoms with Gasteiger partial charge in [-0.05, 0) is 5.92 Å². The second-order valence-corrected chi connectivity index (χ2v) is 4.06. The molecule has 0 saturated carbocycles. The van der Waals surface area contributed by atoms with Crippen molar-refractivity contribution in [1.82, 2.24) is 10.2 Å². The lowest BCUT2D eigenvalue weighted by molar-refractivity contribution is -0.132. The predicted octanol–water partition coefficient (Wildman–Crippen LogP) is -0.142. The van der Waals surface area contributed by atoms with Crippen LogP contribution in [0.15, 0.2) is 12.2 Å². The molecule has 2 amide bonds. The van der Waals surface area contributed by atoms with E-state index in [0.29, 0.717) is 12.5 Å². The molecule has 6 heteroatoms. The quantitative estimate of drug-likeness (QED) is 0.635. The Bertz CT molecular complexity index is 323. The van der Waals surface area contributed by atoms with Crippen molar-refractivity contribution >= 4 is 17.8 Å². The number of hydrogen-bond donors (Lipinski definition) is 2. The van der Waals surface area contributed by atoms with Crippen LogP contribution in [0.5, 0.6) is 0 Å². The van der Waals surface area contributed by atoms with Gasteiger partial charge in [0.2, 0.25) is 11.8 Å². The maximum absolute atomic E-state index is 11.4. The van der Waals surface area contributed by atoms with E-state index in [0.717, 1.165) is 17.1 Å². The van der Waals surface area contributed by atoms with Crippen LogP contribution in [0.25, 0.3) is 0 Å². The van der Waals surface area contributed by atoms with Crippen molar-refractivity contribution in [2.75, 3.05) is 20.1 Å². The number of likely N-dealkylation sites (N-methyl/N-ethyl adjacent to an activating group) is 1. The lowest BCUT2D eigenvalue weighted by Gasteiger charge is -2.15. The highest BCUT2D eigenvalue weighted by atomic mass is 16.4. The number of amides is 2. The van der Waals surface area contributed by atoms with Gasteiger partial charge in [0.05, 0.1) is 6.54 Å². The molecule has 0 aliphatic rings. The first kappa shape index (κ1) is 15.2. The summed E-state index contributed by atoms with van der Waals surface area (Å²) in [5, 5.41) is 11.0. The first-order valence-electron chi connectivity index (χ1n) is 5.25. The molecule has 0 bridgehead atoms. The van der Waals surface area contributed by atoms with E-state index >= 15 is 0 Å². The third kappa shape index (κ3) is 8.01. The maximum atomic E-state index is 11.4. The van der Waals surface area contributed by atoms with Gasteiger partial charge in [0, 0.05) is 25.7 Å². The number of carbonyl (C=O) groups is 3. The fourth-order valence-corrected chi connectivity index (χ4v) is 0.937. The van der Waals surface area contributed by atoms with Crippen LogP contribution in [0.4, 0.5) is 0 Å². The average molecular weight is 242 g/mol. The van der Waals surface area contributed by atoms with Crippen LogP contribution in [-0.2, 0) is 14.4 Å². The molecule has 0 aromatic heterocycles. The normalized spacial score (nSPS) is 10.6. The Morgan fingerprint density at radius 3 is 2.35 bits per heavy atom. The van der Waals surface area contributed by atoms with Gasteiger partial charge in [-0.1, -0.05) is 13.8 Å². The Hall–Kier alpha value is -1.85. The minimum absolute atomic E-state index is 0.0878. The van der Waals surface area contributed by atoms with Gasteiger partial charge in [0.15, 0.2) is 0 Å². The first-order valence-corrected chi connectivity index (χ1v) is 5.25. The van der Waals surface area contributed by atoms with Crippen LogP contribution < -0.4 is 5.32 Å². The summed E-state index contributed by atoms with van der Waals surface area (Å²) in [7, 11) is 1.43. The van der Waals surface area contributed by atoms with E-state index in [1.54, 1.807) is 0 Å². The molecule has 0 unspecified atom stereocenters. The van der Waals surface area contributed by atoms with Gasteiger partial charge in [-0.2, -0.15) is 0 Å². The number of carboxylic acids is 1. The molecule has 0 rings (SSSR count). The number of carbonyl (C=O) groups excluding carboxylic acids is 2. The van der Waals surface area contributed by atoms with Crippen LogP contribution in [0.1, 0.15) is 13.8 Å². The predicted molar refractivity (Wildman–Crippen MR) is 62.3 cm³/mol. The molecule has 6 nitrogen and oxygen atoms in total. The Labute approximate surface area is 100 Å². The third-order valence-electron chi connectivity index (χ3n) is 1.83. The fraction of sp³-hybridized carbons (Fsp3) is 0.545. The second-order valence-electron chi connectivity index (χ2n) is 4.06. The molecule has 0 radical (unpaired) electrons. The number of aliphatic carboxylic acids is 1. The zero-order chi connectivity index (χ0) is 13.4. The summed E-state index contributed by atoms with van der Waals surface area (Å²) in [6, 6.07) is 0. The maximum Gasteiger partial charge on any atom is 0.328 e. The summed E-state index contributed by atoms with van der Waals surface area (Å²) in [5.41, 5.74) is 0. The molecule has 0 aliphatic carbocycles. The monoisotopic (exact) mass is 242 g/mol. The molecule has 96 valence electrons. The molecule has 0 aromatic rings. The third-order valence-corrected chi connectivity index (χ3v) is 1.83. The number of nitrogens with zero attached hydrogens (tertiary/aromatic N) is 1. The summed E-state index contributed by atoms with van der Waals surface area (Å²) in [4.78, 5) is 34.0. The fourth-order valence-electron chi connectivity index (χ4n) is 0.937. The van der Waals surface area contributed by atoms with Crippen LogP contribution in [0, 0.1) is 5.92 Å². The molecule has 0 spiro atoms. The minimum atomic E-state index is -1.20. The highest BCUT2D eigenvalue weighted by Gasteiger charge is 2.10. The minimum Gasteiger partial charge on any atom is -0.478 e. The average Bonchev–Trinajstić information content (AvgIpc) is 2.22. The van der Waals surface area contributed by atoms with Crippen molar-refractivity contribution in [2.45, 2.75) is 13.8 Å². The largest absolute Gasteiger partial charge is 0.478 e. The molecule has 0 saturated heterocycles. The Balaban J connectivity index is 4.07. The van der Waals surface area contributed by atoms with Crippen LogP contribution in [0.2, 0.25) is 0 Å². The van der Waals surface area contributed by atoms with E-state index in [1.807, 2.05) is 13.8 Å². The van der Waals surface area contributed by atoms with Crippen LogP contribution >= 0.6 is 0 Å². The van der Waals surface area contributed by atoms with Gasteiger partial charge < -0.3 is 15.3 Å². The van der Waals surface area contributed by atoms with Gasteiger partial charge in [0.1, 0.15) is 0 Å². The molecular weight excluding hydrogens is 224 g/mol. The Kier molecular flexibility index (Phi) is 6.62. The smallest absolute Gasteiger partial charge is 0.328 e. The van der Waals surface area contributed by atoms with E-state index in [-0.39, 0.29) is 12.5 Å². The number of rotatable bonds is 6. The van der Waals surface area contributed by atoms with Gasteiger partial charge in [-0.15, -0.1) is 0 Å². The second kappa shape index (κ2) is 7.43. The standard InChI is InChI=1S/C11H18N2O4/c1-8(2)6-12-9(14)7-13(3)10(15)4-5-11(16)17/h4-5,8H,6-7H2,1-3H3,(H,12,14)(H,16,17)/b5-4+. The van der Waals surface area contributed by atoms with Gasteiger partial charge in [0.25, 0.3) is 0 Å². The molecule has 17 heavy (non-hydrogen) atoms. The van der Waals surface area contributed by atoms with E-state index in [2.05, 4.69) is 5.32 Å². The molecule has 0 atom stereocenters. The van der Waals surface area contributed by atoms with E-state index < -0.39 is 11.9 Å². The van der Waals surface area contributed by atoms with E-state index in [9.17, 15) is 14.4 Å². The van der Waals surface area contributed by atoms with Crippen LogP contribution in [0.3, 0.4) is 0 Å².